The minimum Gasteiger partial charge on any atom is -0.492 e. The van der Waals surface area contributed by atoms with Crippen molar-refractivity contribution in [2.75, 3.05) is 6.61 Å². The van der Waals surface area contributed by atoms with Crippen molar-refractivity contribution in [1.29, 1.82) is 0 Å². The van der Waals surface area contributed by atoms with Crippen LogP contribution in [0.5, 0.6) is 5.75 Å². The largest absolute Gasteiger partial charge is 0.492 e. The molecule has 0 radical (unpaired) electrons. The number of hydrogen-bond acceptors (Lipinski definition) is 4. The lowest BCUT2D eigenvalue weighted by atomic mass is 10.2. The first-order valence-corrected chi connectivity index (χ1v) is 5.74. The third kappa shape index (κ3) is 2.27. The van der Waals surface area contributed by atoms with E-state index in [-0.39, 0.29) is 5.92 Å². The second-order valence-electron chi connectivity index (χ2n) is 4.00. The fraction of sp³-hybridized carbons (Fsp3) is 0.417. The maximum absolute atomic E-state index is 5.58. The van der Waals surface area contributed by atoms with Gasteiger partial charge in [-0.3, -0.25) is 0 Å². The van der Waals surface area contributed by atoms with Crippen molar-refractivity contribution in [3.63, 3.8) is 0 Å². The molecule has 5 nitrogen and oxygen atoms in total. The summed E-state index contributed by atoms with van der Waals surface area (Å²) in [6.07, 6.45) is 0. The molecule has 0 aliphatic carbocycles. The summed E-state index contributed by atoms with van der Waals surface area (Å²) in [4.78, 5) is 0. The van der Waals surface area contributed by atoms with Crippen molar-refractivity contribution in [1.82, 2.24) is 20.2 Å². The monoisotopic (exact) mass is 232 g/mol. The van der Waals surface area contributed by atoms with Crippen LogP contribution in [0.2, 0.25) is 0 Å². The molecule has 0 atom stereocenters. The van der Waals surface area contributed by atoms with E-state index >= 15 is 0 Å². The number of rotatable bonds is 4. The molecular formula is C12H16N4O. The molecule has 90 valence electrons. The molecular weight excluding hydrogens is 216 g/mol. The summed E-state index contributed by atoms with van der Waals surface area (Å²) >= 11 is 0. The first kappa shape index (κ1) is 11.6. The molecule has 0 N–H and O–H groups in total. The van der Waals surface area contributed by atoms with Crippen LogP contribution >= 0.6 is 0 Å². The maximum Gasteiger partial charge on any atom is 0.159 e. The van der Waals surface area contributed by atoms with Crippen LogP contribution in [-0.4, -0.2) is 26.8 Å². The standard InChI is InChI=1S/C12H16N4O/c1-4-17-11-8-6-5-7-10(11)16-12(9(2)3)13-14-15-16/h5-9H,4H2,1-3H3. The summed E-state index contributed by atoms with van der Waals surface area (Å²) in [5.74, 6) is 1.89. The van der Waals surface area contributed by atoms with Gasteiger partial charge in [-0.25, -0.2) is 0 Å². The first-order valence-electron chi connectivity index (χ1n) is 5.74. The smallest absolute Gasteiger partial charge is 0.159 e. The first-order chi connectivity index (χ1) is 8.24. The van der Waals surface area contributed by atoms with Gasteiger partial charge in [-0.05, 0) is 29.5 Å². The third-order valence-electron chi connectivity index (χ3n) is 2.40. The van der Waals surface area contributed by atoms with Crippen molar-refractivity contribution < 1.29 is 4.74 Å². The lowest BCUT2D eigenvalue weighted by Crippen LogP contribution is -2.07. The Hall–Kier alpha value is -1.91. The Balaban J connectivity index is 2.48. The average molecular weight is 232 g/mol. The van der Waals surface area contributed by atoms with Crippen LogP contribution in [0.3, 0.4) is 0 Å². The zero-order valence-electron chi connectivity index (χ0n) is 10.3. The van der Waals surface area contributed by atoms with Crippen LogP contribution < -0.4 is 4.74 Å². The molecule has 5 heteroatoms. The number of hydrogen-bond donors (Lipinski definition) is 0. The van der Waals surface area contributed by atoms with Gasteiger partial charge in [0, 0.05) is 5.92 Å². The number of ether oxygens (including phenoxy) is 1. The highest BCUT2D eigenvalue weighted by Crippen LogP contribution is 2.24. The van der Waals surface area contributed by atoms with E-state index in [4.69, 9.17) is 4.74 Å². The zero-order valence-corrected chi connectivity index (χ0v) is 10.3. The summed E-state index contributed by atoms with van der Waals surface area (Å²) in [5, 5.41) is 11.8. The van der Waals surface area contributed by atoms with Gasteiger partial charge in [0.25, 0.3) is 0 Å². The molecule has 0 bridgehead atoms. The number of nitrogens with zero attached hydrogens (tertiary/aromatic N) is 4. The highest BCUT2D eigenvalue weighted by molar-refractivity contribution is 5.46. The summed E-state index contributed by atoms with van der Waals surface area (Å²) in [7, 11) is 0. The molecule has 0 saturated heterocycles. The fourth-order valence-corrected chi connectivity index (χ4v) is 1.64. The molecule has 0 aliphatic rings. The van der Waals surface area contributed by atoms with Gasteiger partial charge in [-0.2, -0.15) is 4.68 Å². The van der Waals surface area contributed by atoms with Gasteiger partial charge in [0.1, 0.15) is 11.4 Å². The Bertz CT molecular complexity index is 493. The summed E-state index contributed by atoms with van der Waals surface area (Å²) in [6, 6.07) is 7.76. The molecule has 2 rings (SSSR count). The highest BCUT2D eigenvalue weighted by Gasteiger charge is 2.14. The van der Waals surface area contributed by atoms with Gasteiger partial charge in [0.05, 0.1) is 6.61 Å². The fourth-order valence-electron chi connectivity index (χ4n) is 1.64. The van der Waals surface area contributed by atoms with E-state index in [9.17, 15) is 0 Å². The van der Waals surface area contributed by atoms with Crippen LogP contribution in [0, 0.1) is 0 Å². The summed E-state index contributed by atoms with van der Waals surface area (Å²) in [6.45, 7) is 6.70. The Labute approximate surface area is 100 Å². The molecule has 17 heavy (non-hydrogen) atoms. The van der Waals surface area contributed by atoms with Crippen LogP contribution in [-0.2, 0) is 0 Å². The molecule has 1 heterocycles. The van der Waals surface area contributed by atoms with Crippen molar-refractivity contribution in [2.24, 2.45) is 0 Å². The number of para-hydroxylation sites is 2. The SMILES string of the molecule is CCOc1ccccc1-n1nnnc1C(C)C. The Morgan fingerprint density at radius 3 is 2.76 bits per heavy atom. The molecule has 0 saturated carbocycles. The number of tetrazole rings is 1. The highest BCUT2D eigenvalue weighted by atomic mass is 16.5. The molecule has 0 spiro atoms. The molecule has 0 aliphatic heterocycles. The van der Waals surface area contributed by atoms with Crippen LogP contribution in [0.1, 0.15) is 32.5 Å². The average Bonchev–Trinajstić information content (AvgIpc) is 2.79. The van der Waals surface area contributed by atoms with Gasteiger partial charge in [-0.1, -0.05) is 26.0 Å². The van der Waals surface area contributed by atoms with Crippen molar-refractivity contribution in [3.05, 3.63) is 30.1 Å². The molecule has 1 aromatic carbocycles. The number of aromatic nitrogens is 4. The minimum atomic E-state index is 0.264. The molecule has 2 aromatic rings. The second-order valence-corrected chi connectivity index (χ2v) is 4.00. The lowest BCUT2D eigenvalue weighted by molar-refractivity contribution is 0.338. The van der Waals surface area contributed by atoms with Gasteiger partial charge in [0.15, 0.2) is 5.82 Å². The molecule has 0 unspecified atom stereocenters. The Morgan fingerprint density at radius 2 is 2.06 bits per heavy atom. The maximum atomic E-state index is 5.58. The van der Waals surface area contributed by atoms with Gasteiger partial charge >= 0.3 is 0 Å². The molecule has 0 amide bonds. The predicted molar refractivity (Wildman–Crippen MR) is 64.4 cm³/mol. The van der Waals surface area contributed by atoms with Crippen LogP contribution in [0.25, 0.3) is 5.69 Å². The Kier molecular flexibility index (Phi) is 3.37. The van der Waals surface area contributed by atoms with Crippen molar-refractivity contribution >= 4 is 0 Å². The van der Waals surface area contributed by atoms with E-state index in [2.05, 4.69) is 29.4 Å². The van der Waals surface area contributed by atoms with Gasteiger partial charge < -0.3 is 4.74 Å². The topological polar surface area (TPSA) is 52.8 Å². The predicted octanol–water partition coefficient (Wildman–Crippen LogP) is 2.18. The van der Waals surface area contributed by atoms with E-state index in [1.165, 1.54) is 0 Å². The van der Waals surface area contributed by atoms with E-state index < -0.39 is 0 Å². The van der Waals surface area contributed by atoms with Crippen molar-refractivity contribution in [3.8, 4) is 11.4 Å². The molecule has 0 fully saturated rings. The van der Waals surface area contributed by atoms with E-state index in [0.717, 1.165) is 17.3 Å². The summed E-state index contributed by atoms with van der Waals surface area (Å²) < 4.78 is 7.31. The van der Waals surface area contributed by atoms with E-state index in [0.29, 0.717) is 6.61 Å². The van der Waals surface area contributed by atoms with E-state index in [1.807, 2.05) is 31.2 Å². The van der Waals surface area contributed by atoms with Crippen LogP contribution in [0.4, 0.5) is 0 Å². The summed E-state index contributed by atoms with van der Waals surface area (Å²) in [5.41, 5.74) is 0.878. The van der Waals surface area contributed by atoms with Crippen LogP contribution in [0.15, 0.2) is 24.3 Å². The number of benzene rings is 1. The van der Waals surface area contributed by atoms with Crippen molar-refractivity contribution in [2.45, 2.75) is 26.7 Å². The zero-order chi connectivity index (χ0) is 12.3. The van der Waals surface area contributed by atoms with Gasteiger partial charge in [-0.15, -0.1) is 5.10 Å². The quantitative estimate of drug-likeness (QED) is 0.810. The van der Waals surface area contributed by atoms with E-state index in [1.54, 1.807) is 4.68 Å². The normalized spacial score (nSPS) is 10.8. The lowest BCUT2D eigenvalue weighted by Gasteiger charge is -2.11. The third-order valence-corrected chi connectivity index (χ3v) is 2.40. The Morgan fingerprint density at radius 1 is 1.29 bits per heavy atom. The van der Waals surface area contributed by atoms with Gasteiger partial charge in [0.2, 0.25) is 0 Å². The minimum absolute atomic E-state index is 0.264. The second kappa shape index (κ2) is 4.95. The molecule has 1 aromatic heterocycles.